The monoisotopic (exact) mass is 418 g/mol. The first-order chi connectivity index (χ1) is 13.9. The van der Waals surface area contributed by atoms with Gasteiger partial charge >= 0.3 is 0 Å². The molecule has 29 heavy (non-hydrogen) atoms. The minimum Gasteiger partial charge on any atom is -0.484 e. The van der Waals surface area contributed by atoms with E-state index in [4.69, 9.17) is 16.3 Å². The second kappa shape index (κ2) is 9.27. The molecule has 0 N–H and O–H groups in total. The predicted molar refractivity (Wildman–Crippen MR) is 110 cm³/mol. The van der Waals surface area contributed by atoms with E-state index in [1.54, 1.807) is 34.1 Å². The minimum absolute atomic E-state index is 0.0593. The van der Waals surface area contributed by atoms with Crippen molar-refractivity contribution in [1.82, 2.24) is 9.80 Å². The highest BCUT2D eigenvalue weighted by atomic mass is 35.5. The standard InChI is InChI=1S/C22H24ClFN2O3/c1-15-12-17(13-16(2)21(15)23)29-14-20(27)25-8-5-9-26(11-10-25)22(28)18-6-3-4-7-19(18)24/h3-4,6-7,12-13H,5,8-11,14H2,1-2H3. The third kappa shape index (κ3) is 5.07. The van der Waals surface area contributed by atoms with Crippen molar-refractivity contribution in [2.45, 2.75) is 20.3 Å². The van der Waals surface area contributed by atoms with Crippen molar-refractivity contribution in [1.29, 1.82) is 0 Å². The van der Waals surface area contributed by atoms with Gasteiger partial charge in [0.15, 0.2) is 6.61 Å². The van der Waals surface area contributed by atoms with Gasteiger partial charge in [-0.3, -0.25) is 9.59 Å². The van der Waals surface area contributed by atoms with Gasteiger partial charge in [-0.25, -0.2) is 4.39 Å². The lowest BCUT2D eigenvalue weighted by molar-refractivity contribution is -0.133. The summed E-state index contributed by atoms with van der Waals surface area (Å²) in [6.45, 7) is 5.45. The molecule has 1 heterocycles. The highest BCUT2D eigenvalue weighted by Crippen LogP contribution is 2.26. The van der Waals surface area contributed by atoms with Crippen LogP contribution in [0.1, 0.15) is 27.9 Å². The fraction of sp³-hybridized carbons (Fsp3) is 0.364. The molecule has 1 aliphatic rings. The van der Waals surface area contributed by atoms with Gasteiger partial charge in [0.2, 0.25) is 0 Å². The molecular formula is C22H24ClFN2O3. The van der Waals surface area contributed by atoms with Gasteiger partial charge in [0.1, 0.15) is 11.6 Å². The van der Waals surface area contributed by atoms with Gasteiger partial charge in [-0.2, -0.15) is 0 Å². The van der Waals surface area contributed by atoms with E-state index in [1.165, 1.54) is 12.1 Å². The van der Waals surface area contributed by atoms with Gasteiger partial charge in [0.25, 0.3) is 11.8 Å². The largest absolute Gasteiger partial charge is 0.484 e. The quantitative estimate of drug-likeness (QED) is 0.757. The number of hydrogen-bond donors (Lipinski definition) is 0. The summed E-state index contributed by atoms with van der Waals surface area (Å²) in [5.74, 6) is -0.420. The summed E-state index contributed by atoms with van der Waals surface area (Å²) in [4.78, 5) is 28.5. The average molecular weight is 419 g/mol. The first-order valence-electron chi connectivity index (χ1n) is 9.58. The molecule has 3 rings (SSSR count). The lowest BCUT2D eigenvalue weighted by atomic mass is 10.1. The fourth-order valence-electron chi connectivity index (χ4n) is 3.40. The second-order valence-corrected chi connectivity index (χ2v) is 7.54. The lowest BCUT2D eigenvalue weighted by Crippen LogP contribution is -2.39. The van der Waals surface area contributed by atoms with Crippen LogP contribution in [0.4, 0.5) is 4.39 Å². The number of carbonyl (C=O) groups excluding carboxylic acids is 2. The lowest BCUT2D eigenvalue weighted by Gasteiger charge is -2.22. The first-order valence-corrected chi connectivity index (χ1v) is 9.95. The SMILES string of the molecule is Cc1cc(OCC(=O)N2CCCN(C(=O)c3ccccc3F)CC2)cc(C)c1Cl. The molecular weight excluding hydrogens is 395 g/mol. The summed E-state index contributed by atoms with van der Waals surface area (Å²) in [6, 6.07) is 9.56. The molecule has 154 valence electrons. The Morgan fingerprint density at radius 1 is 1.03 bits per heavy atom. The number of aryl methyl sites for hydroxylation is 2. The molecule has 0 saturated carbocycles. The molecule has 0 spiro atoms. The van der Waals surface area contributed by atoms with Crippen molar-refractivity contribution in [2.75, 3.05) is 32.8 Å². The number of hydrogen-bond acceptors (Lipinski definition) is 3. The van der Waals surface area contributed by atoms with Crippen molar-refractivity contribution in [3.05, 3.63) is 63.9 Å². The Kier molecular flexibility index (Phi) is 6.75. The topological polar surface area (TPSA) is 49.9 Å². The molecule has 7 heteroatoms. The smallest absolute Gasteiger partial charge is 0.260 e. The number of carbonyl (C=O) groups is 2. The molecule has 2 aromatic carbocycles. The summed E-state index contributed by atoms with van der Waals surface area (Å²) in [7, 11) is 0. The van der Waals surface area contributed by atoms with Crippen LogP contribution in [-0.4, -0.2) is 54.4 Å². The number of benzene rings is 2. The molecule has 0 aromatic heterocycles. The molecule has 5 nitrogen and oxygen atoms in total. The maximum atomic E-state index is 13.9. The first kappa shape index (κ1) is 21.1. The van der Waals surface area contributed by atoms with Crippen LogP contribution in [0, 0.1) is 19.7 Å². The summed E-state index contributed by atoms with van der Waals surface area (Å²) in [6.07, 6.45) is 0.630. The van der Waals surface area contributed by atoms with Crippen LogP contribution in [0.15, 0.2) is 36.4 Å². The highest BCUT2D eigenvalue weighted by molar-refractivity contribution is 6.32. The van der Waals surface area contributed by atoms with E-state index in [9.17, 15) is 14.0 Å². The Balaban J connectivity index is 1.57. The second-order valence-electron chi connectivity index (χ2n) is 7.17. The summed E-state index contributed by atoms with van der Waals surface area (Å²) >= 11 is 6.16. The molecule has 1 saturated heterocycles. The molecule has 2 aromatic rings. The van der Waals surface area contributed by atoms with Crippen LogP contribution < -0.4 is 4.74 Å². The average Bonchev–Trinajstić information content (AvgIpc) is 2.96. The van der Waals surface area contributed by atoms with Gasteiger partial charge in [-0.05, 0) is 55.7 Å². The van der Waals surface area contributed by atoms with Gasteiger partial charge in [-0.1, -0.05) is 23.7 Å². The summed E-state index contributed by atoms with van der Waals surface area (Å²) in [5.41, 5.74) is 1.85. The number of amides is 2. The van der Waals surface area contributed by atoms with Crippen LogP contribution in [0.2, 0.25) is 5.02 Å². The van der Waals surface area contributed by atoms with Gasteiger partial charge in [0.05, 0.1) is 5.56 Å². The Morgan fingerprint density at radius 3 is 2.34 bits per heavy atom. The normalized spacial score (nSPS) is 14.5. The zero-order valence-corrected chi connectivity index (χ0v) is 17.3. The number of nitrogens with zero attached hydrogens (tertiary/aromatic N) is 2. The Hall–Kier alpha value is -2.60. The van der Waals surface area contributed by atoms with Crippen LogP contribution in [0.3, 0.4) is 0 Å². The molecule has 0 bridgehead atoms. The maximum absolute atomic E-state index is 13.9. The van der Waals surface area contributed by atoms with Crippen LogP contribution in [0.5, 0.6) is 5.75 Å². The van der Waals surface area contributed by atoms with E-state index in [1.807, 2.05) is 13.8 Å². The molecule has 0 aliphatic carbocycles. The van der Waals surface area contributed by atoms with Crippen molar-refractivity contribution in [3.63, 3.8) is 0 Å². The minimum atomic E-state index is -0.531. The Bertz CT molecular complexity index is 896. The van der Waals surface area contributed by atoms with Gasteiger partial charge < -0.3 is 14.5 Å². The summed E-state index contributed by atoms with van der Waals surface area (Å²) in [5, 5.41) is 0.691. The third-order valence-electron chi connectivity index (χ3n) is 5.01. The number of ether oxygens (including phenoxy) is 1. The molecule has 2 amide bonds. The van der Waals surface area contributed by atoms with E-state index >= 15 is 0 Å². The maximum Gasteiger partial charge on any atom is 0.260 e. The predicted octanol–water partition coefficient (Wildman–Crippen LogP) is 3.85. The van der Waals surface area contributed by atoms with Gasteiger partial charge in [-0.15, -0.1) is 0 Å². The number of halogens is 2. The zero-order chi connectivity index (χ0) is 21.0. The van der Waals surface area contributed by atoms with Crippen molar-refractivity contribution in [3.8, 4) is 5.75 Å². The zero-order valence-electron chi connectivity index (χ0n) is 16.6. The Labute approximate surface area is 175 Å². The van der Waals surface area contributed by atoms with Crippen molar-refractivity contribution < 1.29 is 18.7 Å². The molecule has 1 fully saturated rings. The van der Waals surface area contributed by atoms with Crippen LogP contribution >= 0.6 is 11.6 Å². The van der Waals surface area contributed by atoms with Crippen LogP contribution in [0.25, 0.3) is 0 Å². The van der Waals surface area contributed by atoms with E-state index < -0.39 is 5.82 Å². The molecule has 0 atom stereocenters. The van der Waals surface area contributed by atoms with E-state index in [2.05, 4.69) is 0 Å². The van der Waals surface area contributed by atoms with Crippen LogP contribution in [-0.2, 0) is 4.79 Å². The van der Waals surface area contributed by atoms with Crippen molar-refractivity contribution in [2.24, 2.45) is 0 Å². The highest BCUT2D eigenvalue weighted by Gasteiger charge is 2.24. The fourth-order valence-corrected chi connectivity index (χ4v) is 3.51. The summed E-state index contributed by atoms with van der Waals surface area (Å²) < 4.78 is 19.6. The van der Waals surface area contributed by atoms with E-state index in [-0.39, 0.29) is 24.0 Å². The molecule has 1 aliphatic heterocycles. The van der Waals surface area contributed by atoms with Crippen molar-refractivity contribution >= 4 is 23.4 Å². The third-order valence-corrected chi connectivity index (χ3v) is 5.61. The Morgan fingerprint density at radius 2 is 1.66 bits per heavy atom. The van der Waals surface area contributed by atoms with Gasteiger partial charge in [0, 0.05) is 31.2 Å². The van der Waals surface area contributed by atoms with E-state index in [0.29, 0.717) is 43.4 Å². The molecule has 0 radical (unpaired) electrons. The van der Waals surface area contributed by atoms with E-state index in [0.717, 1.165) is 11.1 Å². The molecule has 0 unspecified atom stereocenters. The number of rotatable bonds is 4.